The van der Waals surface area contributed by atoms with Crippen LogP contribution in [0.3, 0.4) is 0 Å². The van der Waals surface area contributed by atoms with Gasteiger partial charge in [0, 0.05) is 0 Å². The molecule has 1 unspecified atom stereocenters. The van der Waals surface area contributed by atoms with Crippen molar-refractivity contribution in [2.24, 2.45) is 0 Å². The minimum atomic E-state index is -0.116. The van der Waals surface area contributed by atoms with Crippen molar-refractivity contribution in [1.29, 1.82) is 0 Å². The monoisotopic (exact) mass is 182 g/mol. The molecule has 0 spiro atoms. The van der Waals surface area contributed by atoms with Gasteiger partial charge in [0.1, 0.15) is 0 Å². The van der Waals surface area contributed by atoms with Gasteiger partial charge in [-0.25, -0.2) is 0 Å². The fourth-order valence-corrected chi connectivity index (χ4v) is 2.28. The Bertz CT molecular complexity index is 182. The van der Waals surface area contributed by atoms with Gasteiger partial charge in [0.2, 0.25) is 0 Å². The maximum Gasteiger partial charge on any atom is 0.0752 e. The van der Waals surface area contributed by atoms with Crippen LogP contribution in [0.1, 0.15) is 58.8 Å². The first-order valence-corrected chi connectivity index (χ1v) is 5.68. The maximum atomic E-state index is 9.84. The predicted octanol–water partition coefficient (Wildman–Crippen LogP) is 3.43. The first kappa shape index (κ1) is 10.8. The summed E-state index contributed by atoms with van der Waals surface area (Å²) in [5.74, 6) is 0. The molecule has 1 atom stereocenters. The molecule has 76 valence electrons. The topological polar surface area (TPSA) is 20.2 Å². The van der Waals surface area contributed by atoms with Crippen molar-refractivity contribution in [2.75, 3.05) is 0 Å². The van der Waals surface area contributed by atoms with E-state index in [1.165, 1.54) is 37.7 Å². The highest BCUT2D eigenvalue weighted by Gasteiger charge is 2.19. The van der Waals surface area contributed by atoms with E-state index < -0.39 is 0 Å². The highest BCUT2D eigenvalue weighted by molar-refractivity contribution is 5.21. The number of aliphatic hydroxyl groups excluding tert-OH is 1. The molecule has 1 rings (SSSR count). The second kappa shape index (κ2) is 5.43. The lowest BCUT2D eigenvalue weighted by atomic mass is 9.85. The van der Waals surface area contributed by atoms with Crippen molar-refractivity contribution in [3.63, 3.8) is 0 Å². The SMILES string of the molecule is CCCC1=C(CCC)C(O)CCC1. The molecule has 1 heteroatoms. The molecule has 0 fully saturated rings. The lowest BCUT2D eigenvalue weighted by Gasteiger charge is -2.25. The average molecular weight is 182 g/mol. The van der Waals surface area contributed by atoms with Crippen LogP contribution >= 0.6 is 0 Å². The zero-order chi connectivity index (χ0) is 9.68. The standard InChI is InChI=1S/C12H22O/c1-3-6-10-8-5-9-12(13)11(10)7-4-2/h12-13H,3-9H2,1-2H3. The molecule has 0 aromatic heterocycles. The normalized spacial score (nSPS) is 23.8. The van der Waals surface area contributed by atoms with Gasteiger partial charge in [0.15, 0.2) is 0 Å². The summed E-state index contributed by atoms with van der Waals surface area (Å²) in [7, 11) is 0. The van der Waals surface area contributed by atoms with Gasteiger partial charge in [0.25, 0.3) is 0 Å². The third-order valence-corrected chi connectivity index (χ3v) is 2.88. The maximum absolute atomic E-state index is 9.84. The van der Waals surface area contributed by atoms with Crippen molar-refractivity contribution < 1.29 is 5.11 Å². The Kier molecular flexibility index (Phi) is 4.51. The van der Waals surface area contributed by atoms with Gasteiger partial charge in [-0.15, -0.1) is 0 Å². The molecular formula is C12H22O. The van der Waals surface area contributed by atoms with Crippen LogP contribution in [-0.2, 0) is 0 Å². The van der Waals surface area contributed by atoms with Crippen molar-refractivity contribution in [3.05, 3.63) is 11.1 Å². The molecule has 13 heavy (non-hydrogen) atoms. The number of aliphatic hydroxyl groups is 1. The van der Waals surface area contributed by atoms with Gasteiger partial charge in [-0.2, -0.15) is 0 Å². The summed E-state index contributed by atoms with van der Waals surface area (Å²) in [5.41, 5.74) is 2.93. The van der Waals surface area contributed by atoms with E-state index in [1.807, 2.05) is 0 Å². The first-order chi connectivity index (χ1) is 6.29. The molecule has 0 saturated carbocycles. The van der Waals surface area contributed by atoms with Gasteiger partial charge < -0.3 is 5.11 Å². The van der Waals surface area contributed by atoms with Crippen LogP contribution < -0.4 is 0 Å². The van der Waals surface area contributed by atoms with Gasteiger partial charge >= 0.3 is 0 Å². The fourth-order valence-electron chi connectivity index (χ4n) is 2.28. The number of hydrogen-bond acceptors (Lipinski definition) is 1. The molecule has 0 heterocycles. The van der Waals surface area contributed by atoms with Crippen LogP contribution in [0.15, 0.2) is 11.1 Å². The smallest absolute Gasteiger partial charge is 0.0752 e. The molecule has 1 aliphatic carbocycles. The molecule has 1 N–H and O–H groups in total. The van der Waals surface area contributed by atoms with Crippen LogP contribution in [0, 0.1) is 0 Å². The molecule has 0 radical (unpaired) electrons. The Labute approximate surface area is 81.9 Å². The first-order valence-electron chi connectivity index (χ1n) is 5.68. The Hall–Kier alpha value is -0.300. The Morgan fingerprint density at radius 2 is 1.92 bits per heavy atom. The predicted molar refractivity (Wildman–Crippen MR) is 56.7 cm³/mol. The molecular weight excluding hydrogens is 160 g/mol. The van der Waals surface area contributed by atoms with E-state index in [1.54, 1.807) is 5.57 Å². The quantitative estimate of drug-likeness (QED) is 0.660. The van der Waals surface area contributed by atoms with Crippen LogP contribution in [0.4, 0.5) is 0 Å². The fraction of sp³-hybridized carbons (Fsp3) is 0.833. The van der Waals surface area contributed by atoms with Crippen molar-refractivity contribution in [2.45, 2.75) is 64.9 Å². The number of allylic oxidation sites excluding steroid dienone is 1. The second-order valence-corrected chi connectivity index (χ2v) is 4.04. The summed E-state index contributed by atoms with van der Waals surface area (Å²) >= 11 is 0. The summed E-state index contributed by atoms with van der Waals surface area (Å²) in [5, 5.41) is 9.84. The Morgan fingerprint density at radius 3 is 2.54 bits per heavy atom. The molecule has 1 nitrogen and oxygen atoms in total. The molecule has 0 saturated heterocycles. The van der Waals surface area contributed by atoms with E-state index in [0.717, 1.165) is 12.8 Å². The second-order valence-electron chi connectivity index (χ2n) is 4.04. The average Bonchev–Trinajstić information content (AvgIpc) is 2.11. The summed E-state index contributed by atoms with van der Waals surface area (Å²) in [6.45, 7) is 4.41. The number of rotatable bonds is 4. The van der Waals surface area contributed by atoms with Gasteiger partial charge in [-0.3, -0.25) is 0 Å². The Morgan fingerprint density at radius 1 is 1.23 bits per heavy atom. The highest BCUT2D eigenvalue weighted by atomic mass is 16.3. The molecule has 0 aromatic carbocycles. The van der Waals surface area contributed by atoms with Crippen LogP contribution in [0.5, 0.6) is 0 Å². The van der Waals surface area contributed by atoms with E-state index in [-0.39, 0.29) is 6.10 Å². The summed E-state index contributed by atoms with van der Waals surface area (Å²) in [6, 6.07) is 0. The lowest BCUT2D eigenvalue weighted by molar-refractivity contribution is 0.183. The minimum Gasteiger partial charge on any atom is -0.389 e. The molecule has 0 bridgehead atoms. The Balaban J connectivity index is 2.70. The summed E-state index contributed by atoms with van der Waals surface area (Å²) in [6.07, 6.45) is 7.99. The third kappa shape index (κ3) is 2.84. The van der Waals surface area contributed by atoms with Gasteiger partial charge in [0.05, 0.1) is 6.10 Å². The number of hydrogen-bond donors (Lipinski definition) is 1. The van der Waals surface area contributed by atoms with E-state index in [0.29, 0.717) is 0 Å². The molecule has 0 aromatic rings. The largest absolute Gasteiger partial charge is 0.389 e. The third-order valence-electron chi connectivity index (χ3n) is 2.88. The van der Waals surface area contributed by atoms with E-state index in [2.05, 4.69) is 13.8 Å². The van der Waals surface area contributed by atoms with Gasteiger partial charge in [-0.05, 0) is 37.7 Å². The van der Waals surface area contributed by atoms with E-state index in [4.69, 9.17) is 0 Å². The van der Waals surface area contributed by atoms with Crippen molar-refractivity contribution in [1.82, 2.24) is 0 Å². The lowest BCUT2D eigenvalue weighted by Crippen LogP contribution is -2.17. The van der Waals surface area contributed by atoms with E-state index >= 15 is 0 Å². The summed E-state index contributed by atoms with van der Waals surface area (Å²) < 4.78 is 0. The summed E-state index contributed by atoms with van der Waals surface area (Å²) in [4.78, 5) is 0. The van der Waals surface area contributed by atoms with Crippen LogP contribution in [0.2, 0.25) is 0 Å². The van der Waals surface area contributed by atoms with Crippen molar-refractivity contribution in [3.8, 4) is 0 Å². The zero-order valence-corrected chi connectivity index (χ0v) is 8.97. The van der Waals surface area contributed by atoms with E-state index in [9.17, 15) is 5.11 Å². The van der Waals surface area contributed by atoms with Gasteiger partial charge in [-0.1, -0.05) is 32.3 Å². The zero-order valence-electron chi connectivity index (χ0n) is 8.97. The molecule has 0 aliphatic heterocycles. The minimum absolute atomic E-state index is 0.116. The molecule has 1 aliphatic rings. The molecule has 0 amide bonds. The van der Waals surface area contributed by atoms with Crippen molar-refractivity contribution >= 4 is 0 Å². The highest BCUT2D eigenvalue weighted by Crippen LogP contribution is 2.30. The van der Waals surface area contributed by atoms with Crippen LogP contribution in [-0.4, -0.2) is 11.2 Å². The van der Waals surface area contributed by atoms with Crippen LogP contribution in [0.25, 0.3) is 0 Å².